The highest BCUT2D eigenvalue weighted by molar-refractivity contribution is 5.58. The smallest absolute Gasteiger partial charge is 0.133 e. The number of furan rings is 1. The Bertz CT molecular complexity index is 571. The molecular formula is C26H40O2. The summed E-state index contributed by atoms with van der Waals surface area (Å²) >= 11 is 0. The second kappa shape index (κ2) is 15.2. The molecule has 0 unspecified atom stereocenters. The molecule has 28 heavy (non-hydrogen) atoms. The van der Waals surface area contributed by atoms with Gasteiger partial charge < -0.3 is 9.15 Å². The second-order valence-electron chi connectivity index (χ2n) is 7.95. The Hall–Kier alpha value is -1.70. The first-order valence-electron chi connectivity index (χ1n) is 11.7. The van der Waals surface area contributed by atoms with Crippen LogP contribution in [0.5, 0.6) is 5.75 Å². The summed E-state index contributed by atoms with van der Waals surface area (Å²) < 4.78 is 11.3. The van der Waals surface area contributed by atoms with Crippen LogP contribution < -0.4 is 4.74 Å². The Morgan fingerprint density at radius 3 is 1.68 bits per heavy atom. The third kappa shape index (κ3) is 10.0. The van der Waals surface area contributed by atoms with E-state index in [-0.39, 0.29) is 0 Å². The van der Waals surface area contributed by atoms with Gasteiger partial charge in [-0.2, -0.15) is 0 Å². The highest BCUT2D eigenvalue weighted by atomic mass is 16.5. The Morgan fingerprint density at radius 1 is 0.643 bits per heavy atom. The molecule has 2 aromatic rings. The van der Waals surface area contributed by atoms with Crippen LogP contribution in [0.2, 0.25) is 0 Å². The van der Waals surface area contributed by atoms with E-state index in [4.69, 9.17) is 9.15 Å². The molecule has 0 radical (unpaired) electrons. The van der Waals surface area contributed by atoms with Crippen LogP contribution in [0.1, 0.15) is 96.8 Å². The van der Waals surface area contributed by atoms with Gasteiger partial charge in [0.2, 0.25) is 0 Å². The Labute approximate surface area is 172 Å². The average molecular weight is 385 g/mol. The minimum Gasteiger partial charge on any atom is -0.494 e. The third-order valence-corrected chi connectivity index (χ3v) is 5.43. The van der Waals surface area contributed by atoms with E-state index in [1.807, 2.05) is 24.3 Å². The maximum absolute atomic E-state index is 5.85. The summed E-state index contributed by atoms with van der Waals surface area (Å²) in [6.07, 6.45) is 21.1. The zero-order valence-corrected chi connectivity index (χ0v) is 18.0. The molecule has 2 nitrogen and oxygen atoms in total. The highest BCUT2D eigenvalue weighted by Crippen LogP contribution is 2.22. The fourth-order valence-corrected chi connectivity index (χ4v) is 3.64. The van der Waals surface area contributed by atoms with Gasteiger partial charge in [-0.3, -0.25) is 0 Å². The van der Waals surface area contributed by atoms with Crippen molar-refractivity contribution in [1.82, 2.24) is 0 Å². The van der Waals surface area contributed by atoms with Crippen molar-refractivity contribution in [3.8, 4) is 17.1 Å². The van der Waals surface area contributed by atoms with Gasteiger partial charge in [-0.1, -0.05) is 90.4 Å². The summed E-state index contributed by atoms with van der Waals surface area (Å²) in [5.74, 6) is 1.85. The monoisotopic (exact) mass is 384 g/mol. The van der Waals surface area contributed by atoms with Gasteiger partial charge in [0.15, 0.2) is 0 Å². The van der Waals surface area contributed by atoms with E-state index in [0.29, 0.717) is 0 Å². The first-order valence-corrected chi connectivity index (χ1v) is 11.7. The van der Waals surface area contributed by atoms with Crippen molar-refractivity contribution < 1.29 is 9.15 Å². The molecule has 0 aliphatic heterocycles. The Kier molecular flexibility index (Phi) is 12.3. The van der Waals surface area contributed by atoms with E-state index in [1.54, 1.807) is 6.26 Å². The van der Waals surface area contributed by atoms with Crippen LogP contribution in [0.3, 0.4) is 0 Å². The van der Waals surface area contributed by atoms with E-state index < -0.39 is 0 Å². The average Bonchev–Trinajstić information content (AvgIpc) is 3.26. The van der Waals surface area contributed by atoms with Crippen LogP contribution in [0.25, 0.3) is 11.3 Å². The topological polar surface area (TPSA) is 22.4 Å². The van der Waals surface area contributed by atoms with Crippen molar-refractivity contribution in [2.24, 2.45) is 0 Å². The molecule has 2 heteroatoms. The number of benzene rings is 1. The fraction of sp³-hybridized carbons (Fsp3) is 0.615. The number of ether oxygens (including phenoxy) is 1. The lowest BCUT2D eigenvalue weighted by molar-refractivity contribution is 0.304. The standard InChI is InChI=1S/C26H40O2/c1-2-3-4-5-6-7-8-9-10-11-12-13-14-15-22-27-25-20-18-24(19-21-25)26-17-16-23-28-26/h16-21,23H,2-15,22H2,1H3. The van der Waals surface area contributed by atoms with Gasteiger partial charge in [0.1, 0.15) is 11.5 Å². The molecule has 0 amide bonds. The van der Waals surface area contributed by atoms with Crippen molar-refractivity contribution in [2.75, 3.05) is 6.61 Å². The molecule has 156 valence electrons. The van der Waals surface area contributed by atoms with Crippen molar-refractivity contribution in [1.29, 1.82) is 0 Å². The van der Waals surface area contributed by atoms with E-state index in [9.17, 15) is 0 Å². The van der Waals surface area contributed by atoms with Crippen molar-refractivity contribution in [3.05, 3.63) is 42.7 Å². The molecular weight excluding hydrogens is 344 g/mol. The lowest BCUT2D eigenvalue weighted by Crippen LogP contribution is -1.97. The summed E-state index contributed by atoms with van der Waals surface area (Å²) in [7, 11) is 0. The van der Waals surface area contributed by atoms with E-state index >= 15 is 0 Å². The molecule has 2 rings (SSSR count). The van der Waals surface area contributed by atoms with Gasteiger partial charge in [0.05, 0.1) is 12.9 Å². The van der Waals surface area contributed by atoms with Gasteiger partial charge in [-0.05, 0) is 42.8 Å². The number of rotatable bonds is 17. The predicted octanol–water partition coefficient (Wildman–Crippen LogP) is 8.81. The number of hydrogen-bond acceptors (Lipinski definition) is 2. The summed E-state index contributed by atoms with van der Waals surface area (Å²) in [5.41, 5.74) is 1.09. The van der Waals surface area contributed by atoms with Crippen LogP contribution >= 0.6 is 0 Å². The first kappa shape index (κ1) is 22.6. The predicted molar refractivity (Wildman–Crippen MR) is 120 cm³/mol. The van der Waals surface area contributed by atoms with Crippen molar-refractivity contribution in [3.63, 3.8) is 0 Å². The van der Waals surface area contributed by atoms with Crippen molar-refractivity contribution >= 4 is 0 Å². The van der Waals surface area contributed by atoms with Crippen LogP contribution in [0, 0.1) is 0 Å². The Morgan fingerprint density at radius 2 is 1.18 bits per heavy atom. The van der Waals surface area contributed by atoms with Crippen LogP contribution in [0.4, 0.5) is 0 Å². The van der Waals surface area contributed by atoms with E-state index in [0.717, 1.165) is 30.1 Å². The van der Waals surface area contributed by atoms with Gasteiger partial charge >= 0.3 is 0 Å². The summed E-state index contributed by atoms with van der Waals surface area (Å²) in [6, 6.07) is 12.1. The summed E-state index contributed by atoms with van der Waals surface area (Å²) in [5, 5.41) is 0. The highest BCUT2D eigenvalue weighted by Gasteiger charge is 2.01. The molecule has 1 aromatic heterocycles. The molecule has 0 fully saturated rings. The second-order valence-corrected chi connectivity index (χ2v) is 7.95. The molecule has 0 saturated heterocycles. The minimum atomic E-state index is 0.818. The molecule has 0 saturated carbocycles. The minimum absolute atomic E-state index is 0.818. The zero-order valence-electron chi connectivity index (χ0n) is 18.0. The fourth-order valence-electron chi connectivity index (χ4n) is 3.64. The molecule has 0 aliphatic carbocycles. The van der Waals surface area contributed by atoms with Gasteiger partial charge in [-0.25, -0.2) is 0 Å². The van der Waals surface area contributed by atoms with Crippen molar-refractivity contribution in [2.45, 2.75) is 96.8 Å². The summed E-state index contributed by atoms with van der Waals surface area (Å²) in [4.78, 5) is 0. The van der Waals surface area contributed by atoms with Gasteiger partial charge in [0.25, 0.3) is 0 Å². The van der Waals surface area contributed by atoms with E-state index in [2.05, 4.69) is 19.1 Å². The van der Waals surface area contributed by atoms with Crippen LogP contribution in [0.15, 0.2) is 47.1 Å². The normalized spacial score (nSPS) is 11.0. The largest absolute Gasteiger partial charge is 0.494 e. The maximum Gasteiger partial charge on any atom is 0.133 e. The molecule has 1 heterocycles. The molecule has 0 spiro atoms. The molecule has 0 N–H and O–H groups in total. The molecule has 1 aromatic carbocycles. The quantitative estimate of drug-likeness (QED) is 0.254. The number of hydrogen-bond donors (Lipinski definition) is 0. The third-order valence-electron chi connectivity index (χ3n) is 5.43. The van der Waals surface area contributed by atoms with Crippen LogP contribution in [-0.2, 0) is 0 Å². The van der Waals surface area contributed by atoms with E-state index in [1.165, 1.54) is 83.5 Å². The first-order chi connectivity index (χ1) is 13.9. The lowest BCUT2D eigenvalue weighted by Gasteiger charge is -2.07. The molecule has 0 aliphatic rings. The van der Waals surface area contributed by atoms with Gasteiger partial charge in [0, 0.05) is 5.56 Å². The SMILES string of the molecule is CCCCCCCCCCCCCCCCOc1ccc(-c2ccco2)cc1. The Balaban J connectivity index is 1.36. The summed E-state index contributed by atoms with van der Waals surface area (Å²) in [6.45, 7) is 3.10. The van der Waals surface area contributed by atoms with Crippen LogP contribution in [-0.4, -0.2) is 6.61 Å². The maximum atomic E-state index is 5.85. The van der Waals surface area contributed by atoms with Gasteiger partial charge in [-0.15, -0.1) is 0 Å². The number of unbranched alkanes of at least 4 members (excludes halogenated alkanes) is 13. The molecule has 0 bridgehead atoms. The molecule has 0 atom stereocenters. The lowest BCUT2D eigenvalue weighted by atomic mass is 10.0. The zero-order chi connectivity index (χ0) is 19.7.